The van der Waals surface area contributed by atoms with E-state index in [4.69, 9.17) is 0 Å². The van der Waals surface area contributed by atoms with Gasteiger partial charge in [0.2, 0.25) is 5.91 Å². The zero-order valence-corrected chi connectivity index (χ0v) is 12.3. The summed E-state index contributed by atoms with van der Waals surface area (Å²) in [7, 11) is 1.51. The van der Waals surface area contributed by atoms with Crippen molar-refractivity contribution in [3.63, 3.8) is 0 Å². The fourth-order valence-corrected chi connectivity index (χ4v) is 2.14. The van der Waals surface area contributed by atoms with Gasteiger partial charge in [0.1, 0.15) is 17.2 Å². The summed E-state index contributed by atoms with van der Waals surface area (Å²) in [4.78, 5) is 48.3. The SMILES string of the molecule is Cn1c(=O)[nH]c(=O)c2[nH]c(CCC(=O)Nc3ccccn3)nc21. The van der Waals surface area contributed by atoms with Crippen molar-refractivity contribution in [2.24, 2.45) is 7.05 Å². The Labute approximate surface area is 129 Å². The molecule has 23 heavy (non-hydrogen) atoms. The van der Waals surface area contributed by atoms with Crippen molar-refractivity contribution in [1.82, 2.24) is 24.5 Å². The summed E-state index contributed by atoms with van der Waals surface area (Å²) in [6, 6.07) is 5.22. The van der Waals surface area contributed by atoms with Crippen LogP contribution in [0, 0.1) is 0 Å². The van der Waals surface area contributed by atoms with Crippen LogP contribution >= 0.6 is 0 Å². The minimum absolute atomic E-state index is 0.169. The second kappa shape index (κ2) is 5.87. The van der Waals surface area contributed by atoms with E-state index in [9.17, 15) is 14.4 Å². The van der Waals surface area contributed by atoms with Crippen LogP contribution in [-0.4, -0.2) is 30.4 Å². The number of rotatable bonds is 4. The number of pyridine rings is 1. The molecule has 3 aromatic heterocycles. The molecule has 118 valence electrons. The first-order valence-electron chi connectivity index (χ1n) is 6.93. The molecule has 0 aromatic carbocycles. The highest BCUT2D eigenvalue weighted by molar-refractivity contribution is 5.89. The smallest absolute Gasteiger partial charge is 0.329 e. The molecule has 0 aliphatic heterocycles. The Kier molecular flexibility index (Phi) is 3.75. The molecule has 3 aromatic rings. The third kappa shape index (κ3) is 3.03. The molecular weight excluding hydrogens is 300 g/mol. The molecule has 0 atom stereocenters. The summed E-state index contributed by atoms with van der Waals surface area (Å²) in [6.07, 6.45) is 2.06. The van der Waals surface area contributed by atoms with Gasteiger partial charge in [-0.25, -0.2) is 14.8 Å². The molecule has 0 fully saturated rings. The number of H-pyrrole nitrogens is 2. The number of carbonyl (C=O) groups excluding carboxylic acids is 1. The van der Waals surface area contributed by atoms with Crippen LogP contribution in [-0.2, 0) is 18.3 Å². The van der Waals surface area contributed by atoms with Gasteiger partial charge in [-0.2, -0.15) is 0 Å². The Balaban J connectivity index is 1.74. The number of hydrogen-bond acceptors (Lipinski definition) is 5. The molecule has 0 bridgehead atoms. The highest BCUT2D eigenvalue weighted by Gasteiger charge is 2.12. The average Bonchev–Trinajstić information content (AvgIpc) is 2.97. The first-order chi connectivity index (χ1) is 11.0. The normalized spacial score (nSPS) is 10.8. The van der Waals surface area contributed by atoms with Crippen molar-refractivity contribution >= 4 is 22.9 Å². The number of carbonyl (C=O) groups is 1. The second-order valence-electron chi connectivity index (χ2n) is 4.96. The van der Waals surface area contributed by atoms with E-state index in [1.807, 2.05) is 0 Å². The van der Waals surface area contributed by atoms with E-state index in [2.05, 4.69) is 25.3 Å². The monoisotopic (exact) mass is 314 g/mol. The number of aromatic amines is 2. The Bertz CT molecular complexity index is 970. The van der Waals surface area contributed by atoms with E-state index >= 15 is 0 Å². The molecule has 0 unspecified atom stereocenters. The van der Waals surface area contributed by atoms with Crippen LogP contribution in [0.4, 0.5) is 5.82 Å². The van der Waals surface area contributed by atoms with Gasteiger partial charge in [0.25, 0.3) is 5.56 Å². The average molecular weight is 314 g/mol. The maximum absolute atomic E-state index is 11.9. The molecule has 1 amide bonds. The van der Waals surface area contributed by atoms with Gasteiger partial charge in [0.05, 0.1) is 0 Å². The highest BCUT2D eigenvalue weighted by atomic mass is 16.2. The lowest BCUT2D eigenvalue weighted by Gasteiger charge is -2.02. The maximum atomic E-state index is 11.9. The molecule has 3 N–H and O–H groups in total. The number of hydrogen-bond donors (Lipinski definition) is 3. The van der Waals surface area contributed by atoms with E-state index < -0.39 is 11.2 Å². The molecule has 3 heterocycles. The van der Waals surface area contributed by atoms with E-state index in [-0.39, 0.29) is 23.5 Å². The molecule has 0 saturated heterocycles. The number of amides is 1. The molecule has 0 aliphatic rings. The van der Waals surface area contributed by atoms with Crippen molar-refractivity contribution in [3.8, 4) is 0 Å². The van der Waals surface area contributed by atoms with Crippen LogP contribution in [0.2, 0.25) is 0 Å². The Hall–Kier alpha value is -3.23. The quantitative estimate of drug-likeness (QED) is 0.621. The minimum Gasteiger partial charge on any atom is -0.336 e. The summed E-state index contributed by atoms with van der Waals surface area (Å²) >= 11 is 0. The summed E-state index contributed by atoms with van der Waals surface area (Å²) in [5.74, 6) is 0.718. The number of nitrogens with one attached hydrogen (secondary N) is 3. The van der Waals surface area contributed by atoms with Gasteiger partial charge in [0, 0.05) is 26.1 Å². The van der Waals surface area contributed by atoms with Crippen LogP contribution < -0.4 is 16.6 Å². The molecule has 0 aliphatic carbocycles. The van der Waals surface area contributed by atoms with Gasteiger partial charge in [-0.3, -0.25) is 19.1 Å². The van der Waals surface area contributed by atoms with E-state index in [1.54, 1.807) is 24.4 Å². The number of aryl methyl sites for hydroxylation is 2. The predicted molar refractivity (Wildman–Crippen MR) is 83.1 cm³/mol. The van der Waals surface area contributed by atoms with Crippen molar-refractivity contribution in [1.29, 1.82) is 0 Å². The minimum atomic E-state index is -0.534. The van der Waals surface area contributed by atoms with Crippen molar-refractivity contribution in [3.05, 3.63) is 51.1 Å². The summed E-state index contributed by atoms with van der Waals surface area (Å²) < 4.78 is 1.24. The van der Waals surface area contributed by atoms with Crippen LogP contribution in [0.15, 0.2) is 34.0 Å². The van der Waals surface area contributed by atoms with E-state index in [0.29, 0.717) is 18.1 Å². The summed E-state index contributed by atoms with van der Waals surface area (Å²) in [5, 5.41) is 2.66. The van der Waals surface area contributed by atoms with Gasteiger partial charge < -0.3 is 10.3 Å². The van der Waals surface area contributed by atoms with Crippen LogP contribution in [0.25, 0.3) is 11.2 Å². The fraction of sp³-hybridized carbons (Fsp3) is 0.214. The summed E-state index contributed by atoms with van der Waals surface area (Å²) in [5.41, 5.74) is -0.584. The largest absolute Gasteiger partial charge is 0.336 e. The number of nitrogens with zero attached hydrogens (tertiary/aromatic N) is 3. The number of imidazole rings is 1. The fourth-order valence-electron chi connectivity index (χ4n) is 2.14. The van der Waals surface area contributed by atoms with Gasteiger partial charge in [-0.05, 0) is 12.1 Å². The zero-order valence-electron chi connectivity index (χ0n) is 12.3. The van der Waals surface area contributed by atoms with Crippen molar-refractivity contribution in [2.45, 2.75) is 12.8 Å². The van der Waals surface area contributed by atoms with Crippen LogP contribution in [0.5, 0.6) is 0 Å². The first-order valence-corrected chi connectivity index (χ1v) is 6.93. The Morgan fingerprint density at radius 2 is 2.13 bits per heavy atom. The molecule has 0 radical (unpaired) electrons. The Morgan fingerprint density at radius 1 is 1.30 bits per heavy atom. The Morgan fingerprint density at radius 3 is 2.87 bits per heavy atom. The van der Waals surface area contributed by atoms with E-state index in [1.165, 1.54) is 11.6 Å². The van der Waals surface area contributed by atoms with Crippen LogP contribution in [0.3, 0.4) is 0 Å². The lowest BCUT2D eigenvalue weighted by atomic mass is 10.3. The summed E-state index contributed by atoms with van der Waals surface area (Å²) in [6.45, 7) is 0. The number of fused-ring (bicyclic) bond motifs is 1. The van der Waals surface area contributed by atoms with Gasteiger partial charge >= 0.3 is 5.69 Å². The lowest BCUT2D eigenvalue weighted by molar-refractivity contribution is -0.116. The maximum Gasteiger partial charge on any atom is 0.329 e. The lowest BCUT2D eigenvalue weighted by Crippen LogP contribution is -2.28. The number of aromatic nitrogens is 5. The number of anilines is 1. The second-order valence-corrected chi connectivity index (χ2v) is 4.96. The van der Waals surface area contributed by atoms with Gasteiger partial charge in [-0.15, -0.1) is 0 Å². The predicted octanol–water partition coefficient (Wildman–Crippen LogP) is -0.0838. The third-order valence-corrected chi connectivity index (χ3v) is 3.32. The zero-order chi connectivity index (χ0) is 16.4. The van der Waals surface area contributed by atoms with Gasteiger partial charge in [0.15, 0.2) is 5.65 Å². The molecule has 3 rings (SSSR count). The highest BCUT2D eigenvalue weighted by Crippen LogP contribution is 2.07. The third-order valence-electron chi connectivity index (χ3n) is 3.32. The molecule has 0 spiro atoms. The molecule has 9 heteroatoms. The van der Waals surface area contributed by atoms with Crippen molar-refractivity contribution < 1.29 is 4.79 Å². The van der Waals surface area contributed by atoms with Gasteiger partial charge in [-0.1, -0.05) is 6.07 Å². The van der Waals surface area contributed by atoms with Crippen LogP contribution in [0.1, 0.15) is 12.2 Å². The molecule has 0 saturated carbocycles. The molecular formula is C14H14N6O3. The molecule has 9 nitrogen and oxygen atoms in total. The standard InChI is InChI=1S/C14H14N6O3/c1-20-12-11(13(22)19-14(20)23)17-9(18-12)5-6-10(21)16-8-4-2-3-7-15-8/h2-4,7H,5-6H2,1H3,(H,17,18)(H,15,16,21)(H,19,22,23). The topological polar surface area (TPSA) is 126 Å². The van der Waals surface area contributed by atoms with Crippen molar-refractivity contribution in [2.75, 3.05) is 5.32 Å². The van der Waals surface area contributed by atoms with E-state index in [0.717, 1.165) is 0 Å². The first kappa shape index (κ1) is 14.7.